The van der Waals surface area contributed by atoms with E-state index in [1.807, 2.05) is 50.2 Å². The molecule has 2 aliphatic rings. The Morgan fingerprint density at radius 2 is 1.70 bits per heavy atom. The summed E-state index contributed by atoms with van der Waals surface area (Å²) >= 11 is 3.55. The van der Waals surface area contributed by atoms with Gasteiger partial charge in [-0.1, -0.05) is 28.9 Å². The number of carbonyl (C=O) groups is 2. The predicted octanol–water partition coefficient (Wildman–Crippen LogP) is 6.00. The van der Waals surface area contributed by atoms with Gasteiger partial charge in [0.25, 0.3) is 0 Å². The van der Waals surface area contributed by atoms with Gasteiger partial charge in [0.1, 0.15) is 11.7 Å². The molecule has 1 heterocycles. The molecule has 0 fully saturated rings. The molecule has 7 nitrogen and oxygen atoms in total. The highest BCUT2D eigenvalue weighted by Gasteiger charge is 2.45. The van der Waals surface area contributed by atoms with E-state index in [0.717, 1.165) is 15.6 Å². The van der Waals surface area contributed by atoms with Gasteiger partial charge in [-0.05, 0) is 61.6 Å². The molecule has 0 radical (unpaired) electrons. The Balaban J connectivity index is 1.82. The number of nitrogens with zero attached hydrogens (tertiary/aromatic N) is 1. The van der Waals surface area contributed by atoms with E-state index in [9.17, 15) is 9.59 Å². The largest absolute Gasteiger partial charge is 0.496 e. The van der Waals surface area contributed by atoms with Crippen LogP contribution < -0.4 is 14.2 Å². The van der Waals surface area contributed by atoms with Gasteiger partial charge in [-0.25, -0.2) is 0 Å². The molecule has 4 rings (SSSR count). The van der Waals surface area contributed by atoms with E-state index in [1.54, 1.807) is 21.3 Å². The highest BCUT2D eigenvalue weighted by Crippen LogP contribution is 2.49. The topological polar surface area (TPSA) is 83.4 Å². The molecular formula is C29H32BrNO6. The van der Waals surface area contributed by atoms with Crippen molar-refractivity contribution in [1.29, 1.82) is 0 Å². The number of carbonyl (C=O) groups excluding carboxylic acids is 2. The average molecular weight is 570 g/mol. The fraction of sp³-hybridized carbons (Fsp3) is 0.414. The molecular weight excluding hydrogens is 538 g/mol. The summed E-state index contributed by atoms with van der Waals surface area (Å²) in [5.41, 5.74) is 3.64. The van der Waals surface area contributed by atoms with Gasteiger partial charge in [0.05, 0.1) is 27.9 Å². The van der Waals surface area contributed by atoms with Crippen molar-refractivity contribution in [3.63, 3.8) is 0 Å². The van der Waals surface area contributed by atoms with Gasteiger partial charge in [0.2, 0.25) is 0 Å². The first-order valence-electron chi connectivity index (χ1n) is 12.4. The quantitative estimate of drug-likeness (QED) is 0.362. The van der Waals surface area contributed by atoms with Crippen LogP contribution in [0, 0.1) is 5.92 Å². The second-order valence-corrected chi connectivity index (χ2v) is 10.2. The Morgan fingerprint density at radius 3 is 2.38 bits per heavy atom. The van der Waals surface area contributed by atoms with Crippen molar-refractivity contribution in [3.05, 3.63) is 63.3 Å². The third-order valence-corrected chi connectivity index (χ3v) is 7.49. The summed E-state index contributed by atoms with van der Waals surface area (Å²) in [6.45, 7) is 4.10. The molecule has 2 aromatic carbocycles. The summed E-state index contributed by atoms with van der Waals surface area (Å²) in [5.74, 6) is 0.113. The first-order valence-corrected chi connectivity index (χ1v) is 13.2. The third kappa shape index (κ3) is 5.30. The Labute approximate surface area is 226 Å². The molecule has 1 aliphatic carbocycles. The van der Waals surface area contributed by atoms with Crippen molar-refractivity contribution < 1.29 is 28.5 Å². The molecule has 0 amide bonds. The standard InChI is InChI=1S/C29H32BrNO6/c1-6-11-37-29(33)26-16(2)31-21-12-18(17-7-9-24(35-4)25(14-17)36-5)13-22(32)28(21)27(26)20-15-19(30)8-10-23(20)34-3/h7-10,14-15,18,26-27H,6,11-13H2,1-5H3/t18-,26?,27-/m0/s1. The molecule has 0 aromatic heterocycles. The van der Waals surface area contributed by atoms with Crippen molar-refractivity contribution in [3.8, 4) is 17.2 Å². The van der Waals surface area contributed by atoms with E-state index in [4.69, 9.17) is 23.9 Å². The first kappa shape index (κ1) is 26.9. The molecule has 1 aliphatic heterocycles. The van der Waals surface area contributed by atoms with Crippen LogP contribution in [0.4, 0.5) is 0 Å². The van der Waals surface area contributed by atoms with Crippen LogP contribution in [-0.4, -0.2) is 45.4 Å². The highest BCUT2D eigenvalue weighted by molar-refractivity contribution is 9.10. The van der Waals surface area contributed by atoms with Gasteiger partial charge < -0.3 is 18.9 Å². The Morgan fingerprint density at radius 1 is 1.00 bits per heavy atom. The molecule has 1 unspecified atom stereocenters. The third-order valence-electron chi connectivity index (χ3n) is 7.00. The number of rotatable bonds is 8. The normalized spacial score (nSPS) is 21.2. The second-order valence-electron chi connectivity index (χ2n) is 9.27. The average Bonchev–Trinajstić information content (AvgIpc) is 2.90. The molecule has 0 bridgehead atoms. The van der Waals surface area contributed by atoms with Crippen LogP contribution >= 0.6 is 15.9 Å². The Hall–Kier alpha value is -3.13. The van der Waals surface area contributed by atoms with Crippen LogP contribution in [0.2, 0.25) is 0 Å². The fourth-order valence-electron chi connectivity index (χ4n) is 5.28. The molecule has 37 heavy (non-hydrogen) atoms. The Kier molecular flexibility index (Phi) is 8.37. The molecule has 3 atom stereocenters. The zero-order valence-electron chi connectivity index (χ0n) is 21.8. The monoisotopic (exact) mass is 569 g/mol. The number of hydrogen-bond donors (Lipinski definition) is 0. The van der Waals surface area contributed by atoms with E-state index in [0.29, 0.717) is 60.1 Å². The summed E-state index contributed by atoms with van der Waals surface area (Å²) in [5, 5.41) is 0. The number of ketones is 1. The van der Waals surface area contributed by atoms with E-state index in [-0.39, 0.29) is 17.7 Å². The predicted molar refractivity (Wildman–Crippen MR) is 145 cm³/mol. The maximum absolute atomic E-state index is 13.9. The van der Waals surface area contributed by atoms with E-state index in [2.05, 4.69) is 15.9 Å². The molecule has 0 N–H and O–H groups in total. The van der Waals surface area contributed by atoms with Crippen molar-refractivity contribution >= 4 is 33.4 Å². The van der Waals surface area contributed by atoms with Crippen LogP contribution in [0.1, 0.15) is 56.1 Å². The minimum atomic E-state index is -0.713. The lowest BCUT2D eigenvalue weighted by molar-refractivity contribution is -0.146. The summed E-state index contributed by atoms with van der Waals surface area (Å²) in [4.78, 5) is 32.0. The minimum Gasteiger partial charge on any atom is -0.496 e. The molecule has 196 valence electrons. The van der Waals surface area contributed by atoms with Gasteiger partial charge >= 0.3 is 5.97 Å². The van der Waals surface area contributed by atoms with Gasteiger partial charge in [-0.15, -0.1) is 0 Å². The summed E-state index contributed by atoms with van der Waals surface area (Å²) < 4.78 is 22.9. The lowest BCUT2D eigenvalue weighted by Crippen LogP contribution is -2.38. The first-order chi connectivity index (χ1) is 17.8. The molecule has 8 heteroatoms. The number of ether oxygens (including phenoxy) is 4. The van der Waals surface area contributed by atoms with E-state index < -0.39 is 11.8 Å². The number of halogens is 1. The molecule has 0 saturated heterocycles. The van der Waals surface area contributed by atoms with Gasteiger partial charge in [0, 0.05) is 39.4 Å². The number of hydrogen-bond acceptors (Lipinski definition) is 7. The second kappa shape index (κ2) is 11.5. The zero-order chi connectivity index (χ0) is 26.7. The fourth-order valence-corrected chi connectivity index (χ4v) is 5.66. The van der Waals surface area contributed by atoms with Gasteiger partial charge in [0.15, 0.2) is 17.3 Å². The maximum Gasteiger partial charge on any atom is 0.315 e. The number of benzene rings is 2. The van der Waals surface area contributed by atoms with E-state index in [1.165, 1.54) is 0 Å². The van der Waals surface area contributed by atoms with Crippen LogP contribution in [0.3, 0.4) is 0 Å². The van der Waals surface area contributed by atoms with Crippen molar-refractivity contribution in [2.24, 2.45) is 10.9 Å². The molecule has 0 spiro atoms. The van der Waals surface area contributed by atoms with Crippen LogP contribution in [0.5, 0.6) is 17.2 Å². The Bertz CT molecular complexity index is 1270. The smallest absolute Gasteiger partial charge is 0.315 e. The number of Topliss-reactive ketones (excluding diaryl/α,β-unsaturated/α-hetero) is 1. The van der Waals surface area contributed by atoms with Crippen molar-refractivity contribution in [2.75, 3.05) is 27.9 Å². The minimum absolute atomic E-state index is 0.0300. The molecule has 2 aromatic rings. The number of methoxy groups -OCH3 is 3. The number of allylic oxidation sites excluding steroid dienone is 2. The van der Waals surface area contributed by atoms with E-state index >= 15 is 0 Å². The lowest BCUT2D eigenvalue weighted by Gasteiger charge is -2.37. The van der Waals surface area contributed by atoms with Gasteiger partial charge in [-0.2, -0.15) is 0 Å². The van der Waals surface area contributed by atoms with Crippen molar-refractivity contribution in [2.45, 2.75) is 44.9 Å². The molecule has 0 saturated carbocycles. The van der Waals surface area contributed by atoms with Gasteiger partial charge in [-0.3, -0.25) is 14.6 Å². The SMILES string of the molecule is CCCOC(=O)C1C(C)=NC2=C(C(=O)C[C@@H](c3ccc(OC)c(OC)c3)C2)[C@H]1c1cc(Br)ccc1OC. The number of esters is 1. The van der Waals surface area contributed by atoms with Crippen LogP contribution in [-0.2, 0) is 14.3 Å². The highest BCUT2D eigenvalue weighted by atomic mass is 79.9. The number of aliphatic imine (C=N–C) groups is 1. The summed E-state index contributed by atoms with van der Waals surface area (Å²) in [6, 6.07) is 11.4. The lowest BCUT2D eigenvalue weighted by atomic mass is 9.69. The summed E-state index contributed by atoms with van der Waals surface area (Å²) in [7, 11) is 4.78. The van der Waals surface area contributed by atoms with Crippen molar-refractivity contribution in [1.82, 2.24) is 0 Å². The zero-order valence-corrected chi connectivity index (χ0v) is 23.4. The van der Waals surface area contributed by atoms with Crippen LogP contribution in [0.15, 0.2) is 57.1 Å². The maximum atomic E-state index is 13.9. The van der Waals surface area contributed by atoms with Crippen LogP contribution in [0.25, 0.3) is 0 Å². The summed E-state index contributed by atoms with van der Waals surface area (Å²) in [6.07, 6.45) is 1.57.